The van der Waals surface area contributed by atoms with Crippen molar-refractivity contribution >= 4 is 66.2 Å². The predicted octanol–water partition coefficient (Wildman–Crippen LogP) is 9.14. The van der Waals surface area contributed by atoms with Gasteiger partial charge in [0.25, 0.3) is 0 Å². The van der Waals surface area contributed by atoms with Crippen LogP contribution in [0.4, 0.5) is 5.69 Å². The van der Waals surface area contributed by atoms with Crippen molar-refractivity contribution in [2.24, 2.45) is 0 Å². The highest BCUT2D eigenvalue weighted by molar-refractivity contribution is 7.37. The summed E-state index contributed by atoms with van der Waals surface area (Å²) in [5.41, 5.74) is 12.9. The maximum Gasteiger partial charge on any atom is 0.178 e. The third-order valence-electron chi connectivity index (χ3n) is 12.8. The van der Waals surface area contributed by atoms with Gasteiger partial charge in [-0.15, -0.1) is 27.7 Å². The Labute approximate surface area is 348 Å². The van der Waals surface area contributed by atoms with E-state index in [-0.39, 0.29) is 5.41 Å². The van der Waals surface area contributed by atoms with Crippen LogP contribution in [-0.2, 0) is 15.8 Å². The van der Waals surface area contributed by atoms with Gasteiger partial charge in [0.2, 0.25) is 0 Å². The van der Waals surface area contributed by atoms with Crippen molar-refractivity contribution in [1.82, 2.24) is 0 Å². The van der Waals surface area contributed by atoms with Gasteiger partial charge >= 0.3 is 0 Å². The fourth-order valence-corrected chi connectivity index (χ4v) is 10.9. The first-order valence-corrected chi connectivity index (χ1v) is 21.5. The van der Waals surface area contributed by atoms with E-state index in [4.69, 9.17) is 23.7 Å². The average Bonchev–Trinajstić information content (AvgIpc) is 3.50. The first kappa shape index (κ1) is 39.1. The Kier molecular flexibility index (Phi) is 9.89. The lowest BCUT2D eigenvalue weighted by atomic mass is 9.76. The van der Waals surface area contributed by atoms with Crippen LogP contribution >= 0.6 is 27.7 Å². The molecule has 0 aromatic heterocycles. The normalized spacial score (nSPS) is 16.1. The summed E-state index contributed by atoms with van der Waals surface area (Å²) in [6, 6.07) is 28.0. The summed E-state index contributed by atoms with van der Waals surface area (Å²) in [5, 5.41) is 5.84. The molecule has 1 fully saturated rings. The molecule has 3 aliphatic rings. The van der Waals surface area contributed by atoms with Gasteiger partial charge in [-0.05, 0) is 128 Å². The summed E-state index contributed by atoms with van der Waals surface area (Å²) in [5.74, 6) is 3.21. The quantitative estimate of drug-likeness (QED) is 0.150. The molecule has 1 aliphatic carbocycles. The Morgan fingerprint density at radius 3 is 1.91 bits per heavy atom. The smallest absolute Gasteiger partial charge is 0.178 e. The van der Waals surface area contributed by atoms with Crippen LogP contribution < -0.4 is 39.8 Å². The molecule has 6 aromatic carbocycles. The average molecular weight is 826 g/mol. The van der Waals surface area contributed by atoms with Crippen molar-refractivity contribution in [2.45, 2.75) is 38.7 Å². The maximum absolute atomic E-state index is 7.65. The van der Waals surface area contributed by atoms with Gasteiger partial charge in [-0.3, -0.25) is 0 Å². The second-order valence-corrected chi connectivity index (χ2v) is 17.8. The second-order valence-electron chi connectivity index (χ2n) is 16.0. The summed E-state index contributed by atoms with van der Waals surface area (Å²) in [7, 11) is 14.1. The zero-order valence-corrected chi connectivity index (χ0v) is 37.7. The minimum absolute atomic E-state index is 0.362. The molecular formula is C49H50NO5P3. The molecule has 1 saturated heterocycles. The van der Waals surface area contributed by atoms with E-state index in [1.807, 2.05) is 24.3 Å². The minimum Gasteiger partial charge on any atom is -0.497 e. The summed E-state index contributed by atoms with van der Waals surface area (Å²) >= 11 is 0. The summed E-state index contributed by atoms with van der Waals surface area (Å²) < 4.78 is 30.9. The van der Waals surface area contributed by atoms with Crippen LogP contribution in [0.2, 0.25) is 0 Å². The highest BCUT2D eigenvalue weighted by atomic mass is 31.0. The second kappa shape index (κ2) is 14.7. The number of hydrogen-bond acceptors (Lipinski definition) is 6. The molecule has 3 atom stereocenters. The van der Waals surface area contributed by atoms with Gasteiger partial charge < -0.3 is 28.6 Å². The van der Waals surface area contributed by atoms with E-state index < -0.39 is 5.60 Å². The number of nitrogens with zero attached hydrogens (tertiary/aromatic N) is 1. The molecule has 9 rings (SSSR count). The van der Waals surface area contributed by atoms with Crippen LogP contribution in [0.5, 0.6) is 23.0 Å². The molecule has 2 heterocycles. The van der Waals surface area contributed by atoms with Crippen molar-refractivity contribution in [2.75, 3.05) is 52.5 Å². The Morgan fingerprint density at radius 2 is 1.31 bits per heavy atom. The highest BCUT2D eigenvalue weighted by Gasteiger charge is 2.45. The first-order valence-electron chi connectivity index (χ1n) is 19.7. The number of fused-ring (bicyclic) bond motifs is 8. The third kappa shape index (κ3) is 5.90. The predicted molar refractivity (Wildman–Crippen MR) is 250 cm³/mol. The number of rotatable bonds is 7. The van der Waals surface area contributed by atoms with Gasteiger partial charge in [-0.1, -0.05) is 56.3 Å². The topological polar surface area (TPSA) is 49.4 Å². The molecule has 2 aliphatic heterocycles. The summed E-state index contributed by atoms with van der Waals surface area (Å²) in [6.07, 6.45) is 4.53. The standard InChI is InChI=1S/C49H50NO5P3/c1-27-41(47(58)46(57)28(2)45(27)56)29-8-17-34-38(24-29)48(3,4)43-35-18-19-49(30-9-13-32(51-5)14-10-30,31-11-15-33(52-6)16-12-31)55-44(35)37-26-40(53-7)39(25-36(37)42(34)43)50-20-22-54-23-21-50/h8-19,24-26H,20-23,56-58H2,1-7H3. The number of benzene rings is 6. The van der Waals surface area contributed by atoms with Gasteiger partial charge in [0.1, 0.15) is 23.0 Å². The van der Waals surface area contributed by atoms with Crippen molar-refractivity contribution in [3.8, 4) is 45.3 Å². The molecule has 6 aromatic rings. The van der Waals surface area contributed by atoms with Gasteiger partial charge in [-0.25, -0.2) is 0 Å². The molecule has 9 heteroatoms. The van der Waals surface area contributed by atoms with Gasteiger partial charge in [-0.2, -0.15) is 0 Å². The van der Waals surface area contributed by atoms with E-state index in [1.54, 1.807) is 21.3 Å². The lowest BCUT2D eigenvalue weighted by Crippen LogP contribution is -2.36. The van der Waals surface area contributed by atoms with Crippen LogP contribution in [0.25, 0.3) is 39.1 Å². The van der Waals surface area contributed by atoms with E-state index in [1.165, 1.54) is 60.4 Å². The number of anilines is 1. The zero-order valence-electron chi connectivity index (χ0n) is 34.2. The van der Waals surface area contributed by atoms with Crippen LogP contribution in [-0.4, -0.2) is 47.6 Å². The molecule has 0 bridgehead atoms. The minimum atomic E-state index is -0.949. The number of morpholine rings is 1. The number of ether oxygens (including phenoxy) is 5. The Morgan fingerprint density at radius 1 is 0.672 bits per heavy atom. The number of methoxy groups -OCH3 is 3. The van der Waals surface area contributed by atoms with E-state index in [2.05, 4.69) is 127 Å². The van der Waals surface area contributed by atoms with E-state index in [0.717, 1.165) is 69.2 Å². The van der Waals surface area contributed by atoms with Crippen molar-refractivity contribution in [3.05, 3.63) is 124 Å². The van der Waals surface area contributed by atoms with Crippen molar-refractivity contribution in [1.29, 1.82) is 0 Å². The van der Waals surface area contributed by atoms with Gasteiger partial charge in [0, 0.05) is 40.6 Å². The van der Waals surface area contributed by atoms with Crippen molar-refractivity contribution in [3.63, 3.8) is 0 Å². The molecule has 58 heavy (non-hydrogen) atoms. The number of hydrogen-bond donors (Lipinski definition) is 0. The van der Waals surface area contributed by atoms with E-state index in [9.17, 15) is 0 Å². The van der Waals surface area contributed by atoms with E-state index >= 15 is 0 Å². The highest BCUT2D eigenvalue weighted by Crippen LogP contribution is 2.59. The van der Waals surface area contributed by atoms with Crippen LogP contribution in [0, 0.1) is 13.8 Å². The third-order valence-corrected chi connectivity index (χ3v) is 15.3. The molecule has 296 valence electrons. The van der Waals surface area contributed by atoms with Gasteiger partial charge in [0.15, 0.2) is 5.60 Å². The summed E-state index contributed by atoms with van der Waals surface area (Å²) in [6.45, 7) is 12.1. The molecule has 0 N–H and O–H groups in total. The molecule has 0 amide bonds. The fourth-order valence-electron chi connectivity index (χ4n) is 9.49. The zero-order chi connectivity index (χ0) is 40.7. The molecular weight excluding hydrogens is 775 g/mol. The first-order chi connectivity index (χ1) is 27.9. The van der Waals surface area contributed by atoms with E-state index in [0.29, 0.717) is 13.2 Å². The van der Waals surface area contributed by atoms with Crippen LogP contribution in [0.1, 0.15) is 52.8 Å². The maximum atomic E-state index is 7.65. The molecule has 0 spiro atoms. The molecule has 0 radical (unpaired) electrons. The molecule has 6 nitrogen and oxygen atoms in total. The lowest BCUT2D eigenvalue weighted by Gasteiger charge is -2.39. The SMILES string of the molecule is COc1ccc(C2(c3ccc(OC)cc3)C=Cc3c4c(c5cc(N6CCOCC6)c(OC)cc5c3O2)-c2ccc(-c3c(C)c(P)c(C)c(P)c3P)cc2C4(C)C)cc1. The Balaban J connectivity index is 1.33. The monoisotopic (exact) mass is 825 g/mol. The molecule has 0 saturated carbocycles. The van der Waals surface area contributed by atoms with Crippen molar-refractivity contribution < 1.29 is 23.7 Å². The Hall–Kier alpha value is -4.43. The van der Waals surface area contributed by atoms with Crippen LogP contribution in [0.15, 0.2) is 84.9 Å². The molecule has 3 unspecified atom stereocenters. The Bertz CT molecular complexity index is 2590. The van der Waals surface area contributed by atoms with Gasteiger partial charge in [0.05, 0.1) is 40.2 Å². The van der Waals surface area contributed by atoms with Crippen LogP contribution in [0.3, 0.4) is 0 Å². The lowest BCUT2D eigenvalue weighted by molar-refractivity contribution is 0.122. The fraction of sp³-hybridized carbons (Fsp3) is 0.265. The summed E-state index contributed by atoms with van der Waals surface area (Å²) in [4.78, 5) is 2.39. The largest absolute Gasteiger partial charge is 0.497 e.